The summed E-state index contributed by atoms with van der Waals surface area (Å²) in [6.45, 7) is 2.17. The lowest BCUT2D eigenvalue weighted by atomic mass is 9.97. The molecule has 0 fully saturated rings. The summed E-state index contributed by atoms with van der Waals surface area (Å²) < 4.78 is 13.3. The van der Waals surface area contributed by atoms with Crippen molar-refractivity contribution in [1.82, 2.24) is 5.32 Å². The summed E-state index contributed by atoms with van der Waals surface area (Å²) in [5.41, 5.74) is 3.44. The second-order valence-corrected chi connectivity index (χ2v) is 5.29. The van der Waals surface area contributed by atoms with E-state index in [4.69, 9.17) is 11.6 Å². The quantitative estimate of drug-likeness (QED) is 0.839. The molecule has 2 aromatic rings. The number of halogens is 2. The van der Waals surface area contributed by atoms with E-state index in [1.165, 1.54) is 11.6 Å². The van der Waals surface area contributed by atoms with Crippen LogP contribution in [0.25, 0.3) is 0 Å². The van der Waals surface area contributed by atoms with Crippen molar-refractivity contribution in [3.8, 4) is 0 Å². The summed E-state index contributed by atoms with van der Waals surface area (Å²) in [4.78, 5) is 0. The zero-order valence-electron chi connectivity index (χ0n) is 11.8. The lowest BCUT2D eigenvalue weighted by Gasteiger charge is -2.18. The first kappa shape index (κ1) is 15.0. The van der Waals surface area contributed by atoms with Gasteiger partial charge in [-0.2, -0.15) is 0 Å². The van der Waals surface area contributed by atoms with Crippen LogP contribution in [0.2, 0.25) is 5.02 Å². The van der Waals surface area contributed by atoms with Crippen LogP contribution < -0.4 is 5.32 Å². The van der Waals surface area contributed by atoms with Gasteiger partial charge in [-0.25, -0.2) is 4.39 Å². The molecule has 2 aromatic carbocycles. The lowest BCUT2D eigenvalue weighted by molar-refractivity contribution is 0.624. The molecular formula is C17H19ClFN. The molecule has 0 bridgehead atoms. The van der Waals surface area contributed by atoms with Crippen LogP contribution in [0.1, 0.15) is 36.1 Å². The molecule has 0 heterocycles. The number of rotatable bonds is 5. The van der Waals surface area contributed by atoms with Gasteiger partial charge in [-0.1, -0.05) is 55.3 Å². The highest BCUT2D eigenvalue weighted by Gasteiger charge is 2.13. The van der Waals surface area contributed by atoms with Crippen LogP contribution in [0.3, 0.4) is 0 Å². The van der Waals surface area contributed by atoms with Gasteiger partial charge in [-0.05, 0) is 42.3 Å². The first-order valence-corrected chi connectivity index (χ1v) is 7.24. The highest BCUT2D eigenvalue weighted by atomic mass is 35.5. The zero-order chi connectivity index (χ0) is 14.5. The summed E-state index contributed by atoms with van der Waals surface area (Å²) >= 11 is 5.87. The Morgan fingerprint density at radius 1 is 1.10 bits per heavy atom. The zero-order valence-corrected chi connectivity index (χ0v) is 12.5. The average Bonchev–Trinajstić information content (AvgIpc) is 2.46. The molecule has 0 amide bonds. The molecule has 0 saturated heterocycles. The monoisotopic (exact) mass is 291 g/mol. The Kier molecular flexibility index (Phi) is 5.16. The van der Waals surface area contributed by atoms with Gasteiger partial charge in [0.1, 0.15) is 5.82 Å². The Morgan fingerprint density at radius 3 is 2.30 bits per heavy atom. The van der Waals surface area contributed by atoms with E-state index in [1.807, 2.05) is 7.05 Å². The predicted molar refractivity (Wildman–Crippen MR) is 82.7 cm³/mol. The molecule has 0 aromatic heterocycles. The minimum absolute atomic E-state index is 0.0174. The molecule has 0 aliphatic carbocycles. The maximum Gasteiger partial charge on any atom is 0.141 e. The fourth-order valence-corrected chi connectivity index (χ4v) is 2.57. The van der Waals surface area contributed by atoms with Crippen LogP contribution in [0.15, 0.2) is 42.5 Å². The maximum atomic E-state index is 13.3. The normalized spacial score (nSPS) is 12.4. The van der Waals surface area contributed by atoms with Crippen LogP contribution in [-0.2, 0) is 6.42 Å². The third-order valence-electron chi connectivity index (χ3n) is 3.42. The average molecular weight is 292 g/mol. The summed E-state index contributed by atoms with van der Waals surface area (Å²) in [7, 11) is 1.89. The van der Waals surface area contributed by atoms with Gasteiger partial charge in [0.15, 0.2) is 0 Å². The minimum Gasteiger partial charge on any atom is -0.309 e. The molecule has 3 heteroatoms. The molecule has 1 N–H and O–H groups in total. The van der Waals surface area contributed by atoms with Gasteiger partial charge >= 0.3 is 0 Å². The second kappa shape index (κ2) is 6.87. The molecule has 2 rings (SSSR count). The summed E-state index contributed by atoms with van der Waals surface area (Å²) in [5.74, 6) is -0.386. The van der Waals surface area contributed by atoms with Crippen molar-refractivity contribution >= 4 is 11.6 Å². The summed E-state index contributed by atoms with van der Waals surface area (Å²) in [5, 5.41) is 3.41. The highest BCUT2D eigenvalue weighted by molar-refractivity contribution is 6.30. The van der Waals surface area contributed by atoms with Gasteiger partial charge in [-0.3, -0.25) is 0 Å². The molecule has 20 heavy (non-hydrogen) atoms. The van der Waals surface area contributed by atoms with Crippen molar-refractivity contribution in [1.29, 1.82) is 0 Å². The second-order valence-electron chi connectivity index (χ2n) is 4.89. The predicted octanol–water partition coefficient (Wildman–Crippen LogP) is 4.74. The summed E-state index contributed by atoms with van der Waals surface area (Å²) in [6.07, 6.45) is 2.23. The van der Waals surface area contributed by atoms with Gasteiger partial charge in [0.25, 0.3) is 0 Å². The molecule has 106 valence electrons. The largest absolute Gasteiger partial charge is 0.309 e. The molecule has 0 saturated carbocycles. The molecule has 1 nitrogen and oxygen atoms in total. The van der Waals surface area contributed by atoms with Gasteiger partial charge in [-0.15, -0.1) is 0 Å². The van der Waals surface area contributed by atoms with E-state index in [0.717, 1.165) is 24.0 Å². The van der Waals surface area contributed by atoms with E-state index < -0.39 is 0 Å². The van der Waals surface area contributed by atoms with Gasteiger partial charge in [0, 0.05) is 0 Å². The summed E-state index contributed by atoms with van der Waals surface area (Å²) in [6, 6.07) is 13.4. The molecule has 0 aliphatic heterocycles. The number of aryl methyl sites for hydroxylation is 1. The van der Waals surface area contributed by atoms with Crippen molar-refractivity contribution in [2.45, 2.75) is 25.8 Å². The van der Waals surface area contributed by atoms with Crippen molar-refractivity contribution in [2.24, 2.45) is 0 Å². The number of nitrogens with one attached hydrogen (secondary N) is 1. The van der Waals surface area contributed by atoms with Crippen LogP contribution >= 0.6 is 11.6 Å². The van der Waals surface area contributed by atoms with Crippen molar-refractivity contribution in [2.75, 3.05) is 7.05 Å². The lowest BCUT2D eigenvalue weighted by Crippen LogP contribution is -2.17. The molecule has 1 unspecified atom stereocenters. The molecule has 0 aliphatic rings. The third kappa shape index (κ3) is 3.38. The van der Waals surface area contributed by atoms with E-state index in [9.17, 15) is 4.39 Å². The minimum atomic E-state index is -0.386. The fourth-order valence-electron chi connectivity index (χ4n) is 2.38. The fraction of sp³-hybridized carbons (Fsp3) is 0.294. The van der Waals surface area contributed by atoms with E-state index >= 15 is 0 Å². The smallest absolute Gasteiger partial charge is 0.141 e. The van der Waals surface area contributed by atoms with Crippen LogP contribution in [0.4, 0.5) is 4.39 Å². The maximum absolute atomic E-state index is 13.3. The van der Waals surface area contributed by atoms with E-state index in [0.29, 0.717) is 0 Å². The first-order valence-electron chi connectivity index (χ1n) is 6.86. The Balaban J connectivity index is 2.29. The first-order chi connectivity index (χ1) is 9.65. The van der Waals surface area contributed by atoms with Gasteiger partial charge in [0.05, 0.1) is 11.1 Å². The highest BCUT2D eigenvalue weighted by Crippen LogP contribution is 2.26. The Hall–Kier alpha value is -1.38. The van der Waals surface area contributed by atoms with E-state index in [-0.39, 0.29) is 16.9 Å². The van der Waals surface area contributed by atoms with Gasteiger partial charge in [0.2, 0.25) is 0 Å². The number of benzene rings is 2. The molecule has 1 atom stereocenters. The van der Waals surface area contributed by atoms with E-state index in [2.05, 4.69) is 36.5 Å². The van der Waals surface area contributed by atoms with Crippen LogP contribution in [-0.4, -0.2) is 7.05 Å². The van der Waals surface area contributed by atoms with Crippen LogP contribution in [0, 0.1) is 5.82 Å². The molecular weight excluding hydrogens is 273 g/mol. The van der Waals surface area contributed by atoms with E-state index in [1.54, 1.807) is 12.1 Å². The standard InChI is InChI=1S/C17H19ClFN/c1-3-4-12-5-7-13(8-6-12)17(20-2)14-9-10-16(19)15(18)11-14/h5-11,17,20H,3-4H2,1-2H3. The van der Waals surface area contributed by atoms with Crippen molar-refractivity contribution < 1.29 is 4.39 Å². The number of hydrogen-bond acceptors (Lipinski definition) is 1. The molecule has 0 radical (unpaired) electrons. The van der Waals surface area contributed by atoms with Crippen molar-refractivity contribution in [3.05, 3.63) is 70.0 Å². The third-order valence-corrected chi connectivity index (χ3v) is 3.71. The van der Waals surface area contributed by atoms with Crippen molar-refractivity contribution in [3.63, 3.8) is 0 Å². The Labute approximate surface area is 124 Å². The SMILES string of the molecule is CCCc1ccc(C(NC)c2ccc(F)c(Cl)c2)cc1. The topological polar surface area (TPSA) is 12.0 Å². The van der Waals surface area contributed by atoms with Gasteiger partial charge < -0.3 is 5.32 Å². The Morgan fingerprint density at radius 2 is 1.75 bits per heavy atom. The number of hydrogen-bond donors (Lipinski definition) is 1. The molecule has 0 spiro atoms. The van der Waals surface area contributed by atoms with Crippen LogP contribution in [0.5, 0.6) is 0 Å². The Bertz CT molecular complexity index is 566.